The number of piperazine rings is 1. The van der Waals surface area contributed by atoms with Gasteiger partial charge < -0.3 is 14.5 Å². The first kappa shape index (κ1) is 21.8. The SMILES string of the molecule is O=C(OC1c2ccccc2C(=O)N1c1ccc2ccc(Cl)nc2n1)N1CCN(C(=O)C2CC2)CC1. The van der Waals surface area contributed by atoms with E-state index in [2.05, 4.69) is 9.97 Å². The average Bonchev–Trinajstić information content (AvgIpc) is 3.69. The van der Waals surface area contributed by atoms with Crippen molar-refractivity contribution in [3.05, 3.63) is 64.8 Å². The van der Waals surface area contributed by atoms with Crippen molar-refractivity contribution in [3.63, 3.8) is 0 Å². The van der Waals surface area contributed by atoms with Crippen LogP contribution in [-0.4, -0.2) is 63.9 Å². The van der Waals surface area contributed by atoms with Crippen molar-refractivity contribution in [1.29, 1.82) is 0 Å². The molecule has 2 fully saturated rings. The smallest absolute Gasteiger partial charge is 0.412 e. The predicted molar refractivity (Wildman–Crippen MR) is 128 cm³/mol. The maximum atomic E-state index is 13.3. The molecule has 2 aromatic heterocycles. The molecular weight excluding hydrogens is 470 g/mol. The van der Waals surface area contributed by atoms with E-state index in [-0.39, 0.29) is 17.7 Å². The lowest BCUT2D eigenvalue weighted by atomic mass is 10.1. The lowest BCUT2D eigenvalue weighted by Gasteiger charge is -2.35. The second-order valence-electron chi connectivity index (χ2n) is 8.94. The highest BCUT2D eigenvalue weighted by Crippen LogP contribution is 2.38. The summed E-state index contributed by atoms with van der Waals surface area (Å²) < 4.78 is 5.91. The molecule has 6 rings (SSSR count). The van der Waals surface area contributed by atoms with Gasteiger partial charge in [0.15, 0.2) is 5.65 Å². The van der Waals surface area contributed by atoms with Crippen LogP contribution >= 0.6 is 11.6 Å². The van der Waals surface area contributed by atoms with Crippen molar-refractivity contribution in [3.8, 4) is 0 Å². The molecule has 3 aromatic rings. The zero-order valence-electron chi connectivity index (χ0n) is 18.8. The van der Waals surface area contributed by atoms with Gasteiger partial charge in [0, 0.05) is 48.6 Å². The van der Waals surface area contributed by atoms with Gasteiger partial charge in [0.05, 0.1) is 0 Å². The second-order valence-corrected chi connectivity index (χ2v) is 9.32. The highest BCUT2D eigenvalue weighted by Gasteiger charge is 2.42. The Morgan fingerprint density at radius 1 is 0.914 bits per heavy atom. The molecule has 3 aliphatic rings. The van der Waals surface area contributed by atoms with E-state index in [1.807, 2.05) is 4.90 Å². The number of hydrogen-bond acceptors (Lipinski definition) is 6. The average molecular weight is 492 g/mol. The number of rotatable bonds is 3. The number of fused-ring (bicyclic) bond motifs is 2. The van der Waals surface area contributed by atoms with E-state index in [4.69, 9.17) is 16.3 Å². The van der Waals surface area contributed by atoms with Crippen LogP contribution in [0, 0.1) is 5.92 Å². The van der Waals surface area contributed by atoms with Gasteiger partial charge in [-0.25, -0.2) is 14.8 Å². The van der Waals surface area contributed by atoms with Crippen molar-refractivity contribution in [1.82, 2.24) is 19.8 Å². The van der Waals surface area contributed by atoms with Crippen molar-refractivity contribution < 1.29 is 19.1 Å². The molecule has 35 heavy (non-hydrogen) atoms. The third-order valence-electron chi connectivity index (χ3n) is 6.65. The number of carbonyl (C=O) groups is 3. The molecule has 1 atom stereocenters. The Morgan fingerprint density at radius 2 is 1.63 bits per heavy atom. The summed E-state index contributed by atoms with van der Waals surface area (Å²) in [7, 11) is 0. The zero-order valence-corrected chi connectivity index (χ0v) is 19.5. The van der Waals surface area contributed by atoms with Crippen LogP contribution in [-0.2, 0) is 9.53 Å². The fourth-order valence-corrected chi connectivity index (χ4v) is 4.73. The first-order valence-electron chi connectivity index (χ1n) is 11.6. The minimum absolute atomic E-state index is 0.155. The summed E-state index contributed by atoms with van der Waals surface area (Å²) in [5.74, 6) is 0.329. The van der Waals surface area contributed by atoms with E-state index in [9.17, 15) is 14.4 Å². The van der Waals surface area contributed by atoms with Gasteiger partial charge in [-0.2, -0.15) is 0 Å². The van der Waals surface area contributed by atoms with Gasteiger partial charge in [-0.1, -0.05) is 29.8 Å². The zero-order chi connectivity index (χ0) is 24.1. The molecule has 0 spiro atoms. The molecular formula is C25H22ClN5O4. The summed E-state index contributed by atoms with van der Waals surface area (Å²) in [5.41, 5.74) is 1.43. The fourth-order valence-electron chi connectivity index (χ4n) is 4.59. The highest BCUT2D eigenvalue weighted by atomic mass is 35.5. The number of pyridine rings is 2. The Bertz CT molecular complexity index is 1350. The molecule has 1 aromatic carbocycles. The van der Waals surface area contributed by atoms with Gasteiger partial charge in [-0.3, -0.25) is 14.5 Å². The van der Waals surface area contributed by atoms with E-state index < -0.39 is 12.3 Å². The number of carbonyl (C=O) groups excluding carboxylic acids is 3. The third-order valence-corrected chi connectivity index (χ3v) is 6.86. The molecule has 1 unspecified atom stereocenters. The summed E-state index contributed by atoms with van der Waals surface area (Å²) >= 11 is 6.04. The number of amides is 3. The second kappa shape index (κ2) is 8.49. The van der Waals surface area contributed by atoms with Gasteiger partial charge in [-0.15, -0.1) is 0 Å². The minimum atomic E-state index is -0.971. The summed E-state index contributed by atoms with van der Waals surface area (Å²) in [5, 5.41) is 1.06. The molecule has 1 saturated carbocycles. The Balaban J connectivity index is 1.26. The van der Waals surface area contributed by atoms with Gasteiger partial charge in [0.25, 0.3) is 5.91 Å². The van der Waals surface area contributed by atoms with Crippen LogP contribution in [0.1, 0.15) is 35.0 Å². The summed E-state index contributed by atoms with van der Waals surface area (Å²) in [6, 6.07) is 14.0. The van der Waals surface area contributed by atoms with Crippen LogP contribution in [0.5, 0.6) is 0 Å². The van der Waals surface area contributed by atoms with Crippen LogP contribution in [0.4, 0.5) is 10.6 Å². The standard InChI is InChI=1S/C25H22ClN5O4/c26-19-9-7-15-8-10-20(28-21(15)27-19)31-23(33)17-3-1-2-4-18(17)24(31)35-25(34)30-13-11-29(12-14-30)22(32)16-5-6-16/h1-4,7-10,16,24H,5-6,11-14H2. The molecule has 4 heterocycles. The summed E-state index contributed by atoms with van der Waals surface area (Å²) in [4.78, 5) is 52.4. The minimum Gasteiger partial charge on any atom is -0.420 e. The Labute approximate surface area is 206 Å². The summed E-state index contributed by atoms with van der Waals surface area (Å²) in [6.07, 6.45) is 0.402. The molecule has 2 aliphatic heterocycles. The van der Waals surface area contributed by atoms with Crippen molar-refractivity contribution >= 4 is 46.4 Å². The van der Waals surface area contributed by atoms with Gasteiger partial charge in [-0.05, 0) is 43.2 Å². The summed E-state index contributed by atoms with van der Waals surface area (Å²) in [6.45, 7) is 1.73. The number of benzene rings is 1. The van der Waals surface area contributed by atoms with Crippen molar-refractivity contribution in [2.75, 3.05) is 31.1 Å². The predicted octanol–water partition coefficient (Wildman–Crippen LogP) is 3.63. The van der Waals surface area contributed by atoms with E-state index >= 15 is 0 Å². The van der Waals surface area contributed by atoms with Crippen LogP contribution in [0.25, 0.3) is 11.0 Å². The molecule has 10 heteroatoms. The normalized spacial score (nSPS) is 19.7. The van der Waals surface area contributed by atoms with Gasteiger partial charge in [0.2, 0.25) is 12.1 Å². The van der Waals surface area contributed by atoms with E-state index in [1.165, 1.54) is 4.90 Å². The topological polar surface area (TPSA) is 95.9 Å². The Hall–Kier alpha value is -3.72. The van der Waals surface area contributed by atoms with Gasteiger partial charge in [0.1, 0.15) is 11.0 Å². The molecule has 1 aliphatic carbocycles. The molecule has 0 bridgehead atoms. The number of hydrogen-bond donors (Lipinski definition) is 0. The Morgan fingerprint density at radius 3 is 2.40 bits per heavy atom. The quantitative estimate of drug-likeness (QED) is 0.519. The molecule has 178 valence electrons. The Kier molecular flexibility index (Phi) is 5.29. The largest absolute Gasteiger partial charge is 0.420 e. The first-order chi connectivity index (χ1) is 17.0. The molecule has 1 saturated heterocycles. The maximum absolute atomic E-state index is 13.3. The first-order valence-corrected chi connectivity index (χ1v) is 12.0. The van der Waals surface area contributed by atoms with E-state index in [0.717, 1.165) is 18.2 Å². The number of halogens is 1. The number of nitrogens with zero attached hydrogens (tertiary/aromatic N) is 5. The number of anilines is 1. The van der Waals surface area contributed by atoms with Gasteiger partial charge >= 0.3 is 6.09 Å². The highest BCUT2D eigenvalue weighted by molar-refractivity contribution is 6.29. The van der Waals surface area contributed by atoms with Crippen LogP contribution in [0.2, 0.25) is 5.15 Å². The third kappa shape index (κ3) is 3.95. The van der Waals surface area contributed by atoms with Crippen LogP contribution in [0.3, 0.4) is 0 Å². The number of ether oxygens (including phenoxy) is 1. The van der Waals surface area contributed by atoms with Crippen LogP contribution < -0.4 is 4.90 Å². The molecule has 3 amide bonds. The lowest BCUT2D eigenvalue weighted by molar-refractivity contribution is -0.134. The van der Waals surface area contributed by atoms with Crippen molar-refractivity contribution in [2.45, 2.75) is 19.1 Å². The molecule has 0 N–H and O–H groups in total. The van der Waals surface area contributed by atoms with Crippen LogP contribution in [0.15, 0.2) is 48.5 Å². The monoisotopic (exact) mass is 491 g/mol. The van der Waals surface area contributed by atoms with E-state index in [1.54, 1.807) is 53.4 Å². The number of aromatic nitrogens is 2. The van der Waals surface area contributed by atoms with E-state index in [0.29, 0.717) is 53.9 Å². The molecule has 9 nitrogen and oxygen atoms in total. The molecule has 0 radical (unpaired) electrons. The lowest BCUT2D eigenvalue weighted by Crippen LogP contribution is -2.51. The van der Waals surface area contributed by atoms with Crippen molar-refractivity contribution in [2.24, 2.45) is 5.92 Å². The maximum Gasteiger partial charge on any atom is 0.412 e. The fraction of sp³-hybridized carbons (Fsp3) is 0.320.